The molecular weight excluding hydrogens is 248 g/mol. The predicted molar refractivity (Wildman–Crippen MR) is 79.0 cm³/mol. The van der Waals surface area contributed by atoms with Crippen LogP contribution < -0.4 is 5.32 Å². The van der Waals surface area contributed by atoms with Gasteiger partial charge in [0, 0.05) is 52.9 Å². The van der Waals surface area contributed by atoms with E-state index in [0.717, 1.165) is 50.9 Å². The molecule has 0 amide bonds. The van der Waals surface area contributed by atoms with Gasteiger partial charge in [0.1, 0.15) is 0 Å². The third kappa shape index (κ3) is 5.95. The van der Waals surface area contributed by atoms with Crippen molar-refractivity contribution < 1.29 is 4.74 Å². The molecule has 6 heteroatoms. The number of hydrogen-bond donors (Lipinski definition) is 1. The zero-order valence-electron chi connectivity index (χ0n) is 11.8. The Hall–Kier alpha value is -0.430. The van der Waals surface area contributed by atoms with Crippen molar-refractivity contribution in [1.82, 2.24) is 20.0 Å². The number of rotatable bonds is 6. The van der Waals surface area contributed by atoms with Gasteiger partial charge in [-0.15, -0.1) is 0 Å². The topological polar surface area (TPSA) is 31.0 Å². The van der Waals surface area contributed by atoms with Crippen molar-refractivity contribution in [2.24, 2.45) is 0 Å². The molecule has 0 aliphatic carbocycles. The molecule has 18 heavy (non-hydrogen) atoms. The Morgan fingerprint density at radius 3 is 2.50 bits per heavy atom. The van der Waals surface area contributed by atoms with E-state index in [4.69, 9.17) is 17.0 Å². The van der Waals surface area contributed by atoms with Crippen molar-refractivity contribution >= 4 is 17.3 Å². The Labute approximate surface area is 116 Å². The van der Waals surface area contributed by atoms with Crippen molar-refractivity contribution in [2.45, 2.75) is 0 Å². The van der Waals surface area contributed by atoms with E-state index in [0.29, 0.717) is 6.61 Å². The van der Waals surface area contributed by atoms with Crippen LogP contribution >= 0.6 is 12.2 Å². The monoisotopic (exact) mass is 274 g/mol. The highest BCUT2D eigenvalue weighted by atomic mass is 32.1. The summed E-state index contributed by atoms with van der Waals surface area (Å²) in [5, 5.41) is 4.08. The summed E-state index contributed by atoms with van der Waals surface area (Å²) in [7, 11) is 5.93. The molecule has 106 valence electrons. The fourth-order valence-electron chi connectivity index (χ4n) is 1.89. The second-order valence-electron chi connectivity index (χ2n) is 4.86. The van der Waals surface area contributed by atoms with Crippen LogP contribution in [0.25, 0.3) is 0 Å². The molecule has 1 saturated heterocycles. The molecule has 0 atom stereocenters. The summed E-state index contributed by atoms with van der Waals surface area (Å²) in [5.41, 5.74) is 0. The van der Waals surface area contributed by atoms with Gasteiger partial charge in [0.2, 0.25) is 0 Å². The van der Waals surface area contributed by atoms with Crippen molar-refractivity contribution in [1.29, 1.82) is 0 Å². The van der Waals surface area contributed by atoms with Gasteiger partial charge >= 0.3 is 0 Å². The molecule has 1 heterocycles. The SMILES string of the molecule is COCCNC(=S)N1CCN(CCN(C)C)CC1. The molecule has 1 fully saturated rings. The van der Waals surface area contributed by atoms with Crippen molar-refractivity contribution in [3.63, 3.8) is 0 Å². The maximum atomic E-state index is 5.36. The highest BCUT2D eigenvalue weighted by Crippen LogP contribution is 2.02. The molecule has 1 aliphatic rings. The summed E-state index contributed by atoms with van der Waals surface area (Å²) in [4.78, 5) is 6.97. The average Bonchev–Trinajstić information content (AvgIpc) is 2.37. The van der Waals surface area contributed by atoms with E-state index in [1.54, 1.807) is 7.11 Å². The molecule has 0 bridgehead atoms. The third-order valence-electron chi connectivity index (χ3n) is 3.11. The average molecular weight is 274 g/mol. The van der Waals surface area contributed by atoms with Gasteiger partial charge in [-0.2, -0.15) is 0 Å². The second kappa shape index (κ2) is 8.63. The number of thiocarbonyl (C=S) groups is 1. The lowest BCUT2D eigenvalue weighted by Crippen LogP contribution is -2.52. The Kier molecular flexibility index (Phi) is 7.50. The number of nitrogens with zero attached hydrogens (tertiary/aromatic N) is 3. The van der Waals surface area contributed by atoms with Crippen LogP contribution in [0.2, 0.25) is 0 Å². The van der Waals surface area contributed by atoms with E-state index >= 15 is 0 Å². The van der Waals surface area contributed by atoms with Crippen molar-refractivity contribution in [3.05, 3.63) is 0 Å². The molecule has 0 unspecified atom stereocenters. The van der Waals surface area contributed by atoms with E-state index < -0.39 is 0 Å². The molecule has 0 aromatic heterocycles. The lowest BCUT2D eigenvalue weighted by molar-refractivity contribution is 0.166. The van der Waals surface area contributed by atoms with Crippen LogP contribution in [0.3, 0.4) is 0 Å². The summed E-state index contributed by atoms with van der Waals surface area (Å²) in [6.07, 6.45) is 0. The maximum Gasteiger partial charge on any atom is 0.169 e. The largest absolute Gasteiger partial charge is 0.383 e. The number of nitrogens with one attached hydrogen (secondary N) is 1. The molecule has 0 aromatic rings. The molecule has 1 N–H and O–H groups in total. The fraction of sp³-hybridized carbons (Fsp3) is 0.917. The Balaban J connectivity index is 2.16. The minimum Gasteiger partial charge on any atom is -0.383 e. The minimum absolute atomic E-state index is 0.697. The van der Waals surface area contributed by atoms with Gasteiger partial charge in [0.05, 0.1) is 6.61 Å². The lowest BCUT2D eigenvalue weighted by atomic mass is 10.3. The van der Waals surface area contributed by atoms with E-state index in [9.17, 15) is 0 Å². The Bertz CT molecular complexity index is 242. The summed E-state index contributed by atoms with van der Waals surface area (Å²) < 4.78 is 5.00. The van der Waals surface area contributed by atoms with E-state index in [-0.39, 0.29) is 0 Å². The third-order valence-corrected chi connectivity index (χ3v) is 3.51. The standard InChI is InChI=1S/C12H26N4OS/c1-14(2)5-6-15-7-9-16(10-8-15)12(18)13-4-11-17-3/h4-11H2,1-3H3,(H,13,18). The van der Waals surface area contributed by atoms with Crippen LogP contribution in [0.1, 0.15) is 0 Å². The van der Waals surface area contributed by atoms with Gasteiger partial charge in [-0.25, -0.2) is 0 Å². The Morgan fingerprint density at radius 1 is 1.28 bits per heavy atom. The predicted octanol–water partition coefficient (Wildman–Crippen LogP) is -0.313. The highest BCUT2D eigenvalue weighted by molar-refractivity contribution is 7.80. The molecule has 0 spiro atoms. The van der Waals surface area contributed by atoms with Crippen LogP contribution in [0.5, 0.6) is 0 Å². The lowest BCUT2D eigenvalue weighted by Gasteiger charge is -2.36. The number of ether oxygens (including phenoxy) is 1. The van der Waals surface area contributed by atoms with Crippen LogP contribution in [-0.4, -0.2) is 93.4 Å². The first-order chi connectivity index (χ1) is 8.63. The zero-order chi connectivity index (χ0) is 13.4. The number of hydrogen-bond acceptors (Lipinski definition) is 4. The first kappa shape index (κ1) is 15.6. The quantitative estimate of drug-likeness (QED) is 0.528. The smallest absolute Gasteiger partial charge is 0.169 e. The number of piperazine rings is 1. The maximum absolute atomic E-state index is 5.36. The summed E-state index contributed by atoms with van der Waals surface area (Å²) in [6.45, 7) is 7.98. The summed E-state index contributed by atoms with van der Waals surface area (Å²) in [5.74, 6) is 0. The van der Waals surface area contributed by atoms with E-state index in [1.807, 2.05) is 0 Å². The molecule has 0 saturated carbocycles. The number of methoxy groups -OCH3 is 1. The molecule has 5 nitrogen and oxygen atoms in total. The van der Waals surface area contributed by atoms with Gasteiger partial charge in [0.15, 0.2) is 5.11 Å². The van der Waals surface area contributed by atoms with Crippen molar-refractivity contribution in [2.75, 3.05) is 73.6 Å². The molecule has 1 aliphatic heterocycles. The highest BCUT2D eigenvalue weighted by Gasteiger charge is 2.18. The van der Waals surface area contributed by atoms with Crippen LogP contribution in [0, 0.1) is 0 Å². The van der Waals surface area contributed by atoms with Gasteiger partial charge in [0.25, 0.3) is 0 Å². The summed E-state index contributed by atoms with van der Waals surface area (Å²) in [6, 6.07) is 0. The molecular formula is C12H26N4OS. The van der Waals surface area contributed by atoms with E-state index in [1.165, 1.54) is 0 Å². The minimum atomic E-state index is 0.697. The molecule has 0 radical (unpaired) electrons. The van der Waals surface area contributed by atoms with Crippen LogP contribution in [0.15, 0.2) is 0 Å². The van der Waals surface area contributed by atoms with E-state index in [2.05, 4.69) is 34.1 Å². The molecule has 0 aromatic carbocycles. The van der Waals surface area contributed by atoms with Gasteiger partial charge < -0.3 is 19.9 Å². The number of likely N-dealkylation sites (N-methyl/N-ethyl adjacent to an activating group) is 1. The van der Waals surface area contributed by atoms with Gasteiger partial charge in [-0.3, -0.25) is 4.90 Å². The second-order valence-corrected chi connectivity index (χ2v) is 5.24. The molecule has 1 rings (SSSR count). The van der Waals surface area contributed by atoms with Crippen LogP contribution in [0.4, 0.5) is 0 Å². The van der Waals surface area contributed by atoms with Crippen molar-refractivity contribution in [3.8, 4) is 0 Å². The fourth-order valence-corrected chi connectivity index (χ4v) is 2.17. The first-order valence-corrected chi connectivity index (χ1v) is 6.93. The first-order valence-electron chi connectivity index (χ1n) is 6.52. The Morgan fingerprint density at radius 2 is 1.94 bits per heavy atom. The normalized spacial score (nSPS) is 17.2. The van der Waals surface area contributed by atoms with Gasteiger partial charge in [-0.1, -0.05) is 0 Å². The van der Waals surface area contributed by atoms with Gasteiger partial charge in [-0.05, 0) is 26.3 Å². The summed E-state index contributed by atoms with van der Waals surface area (Å²) >= 11 is 5.36. The zero-order valence-corrected chi connectivity index (χ0v) is 12.6. The van der Waals surface area contributed by atoms with Crippen LogP contribution in [-0.2, 0) is 4.74 Å².